The van der Waals surface area contributed by atoms with Crippen LogP contribution in [0.4, 0.5) is 0 Å². The van der Waals surface area contributed by atoms with Crippen molar-refractivity contribution in [2.24, 2.45) is 11.0 Å². The predicted molar refractivity (Wildman–Crippen MR) is 105 cm³/mol. The average Bonchev–Trinajstić information content (AvgIpc) is 2.63. The second kappa shape index (κ2) is 7.26. The van der Waals surface area contributed by atoms with Crippen LogP contribution in [-0.2, 0) is 0 Å². The van der Waals surface area contributed by atoms with Crippen molar-refractivity contribution in [2.45, 2.75) is 45.4 Å². The Hall–Kier alpha value is -2.35. The standard InChI is InChI=1S/C23H26N2/c1-17-13-15-19(16-14-17)23-21-12-8-3-2-7-11-20(21)22(24-25-23)18-9-5-4-6-10-18/h4-6,9-10,13-16,20,25H,2-3,7-8,11-12H2,1H3. The monoisotopic (exact) mass is 330 g/mol. The van der Waals surface area contributed by atoms with E-state index in [1.807, 2.05) is 0 Å². The van der Waals surface area contributed by atoms with Crippen molar-refractivity contribution in [2.75, 3.05) is 0 Å². The minimum atomic E-state index is 0.445. The summed E-state index contributed by atoms with van der Waals surface area (Å²) in [7, 11) is 0. The fourth-order valence-corrected chi connectivity index (χ4v) is 4.08. The zero-order chi connectivity index (χ0) is 17.1. The SMILES string of the molecule is Cc1ccc(C2=C3CCCCCCC3C(c3ccccc3)=NN2)cc1. The maximum Gasteiger partial charge on any atom is 0.0751 e. The van der Waals surface area contributed by atoms with Crippen LogP contribution in [0.2, 0.25) is 0 Å². The average molecular weight is 330 g/mol. The summed E-state index contributed by atoms with van der Waals surface area (Å²) in [5.41, 5.74) is 11.2. The van der Waals surface area contributed by atoms with Crippen LogP contribution in [0.1, 0.15) is 55.2 Å². The van der Waals surface area contributed by atoms with E-state index in [1.54, 1.807) is 5.57 Å². The van der Waals surface area contributed by atoms with Gasteiger partial charge in [-0.25, -0.2) is 0 Å². The molecule has 1 heterocycles. The number of rotatable bonds is 2. The molecule has 2 heteroatoms. The fourth-order valence-electron chi connectivity index (χ4n) is 4.08. The maximum absolute atomic E-state index is 4.85. The van der Waals surface area contributed by atoms with Crippen LogP contribution < -0.4 is 5.43 Å². The number of benzene rings is 2. The highest BCUT2D eigenvalue weighted by Crippen LogP contribution is 2.37. The van der Waals surface area contributed by atoms with E-state index in [0.29, 0.717) is 5.92 Å². The number of aryl methyl sites for hydroxylation is 1. The largest absolute Gasteiger partial charge is 0.278 e. The van der Waals surface area contributed by atoms with Crippen molar-refractivity contribution >= 4 is 11.4 Å². The fraction of sp³-hybridized carbons (Fsp3) is 0.348. The number of nitrogens with zero attached hydrogens (tertiary/aromatic N) is 1. The summed E-state index contributed by atoms with van der Waals surface area (Å²) in [6.07, 6.45) is 7.65. The second-order valence-electron chi connectivity index (χ2n) is 7.25. The van der Waals surface area contributed by atoms with Crippen molar-refractivity contribution < 1.29 is 0 Å². The van der Waals surface area contributed by atoms with E-state index in [2.05, 4.69) is 66.9 Å². The number of allylic oxidation sites excluding steroid dienone is 1. The third-order valence-corrected chi connectivity index (χ3v) is 5.46. The molecule has 2 aromatic rings. The molecule has 0 radical (unpaired) electrons. The summed E-state index contributed by atoms with van der Waals surface area (Å²) in [5, 5.41) is 4.85. The highest BCUT2D eigenvalue weighted by atomic mass is 15.3. The van der Waals surface area contributed by atoms with Crippen molar-refractivity contribution in [1.29, 1.82) is 0 Å². The first kappa shape index (κ1) is 16.1. The number of hydrogen-bond donors (Lipinski definition) is 1. The highest BCUT2D eigenvalue weighted by molar-refractivity contribution is 6.05. The molecule has 1 N–H and O–H groups in total. The molecular weight excluding hydrogens is 304 g/mol. The highest BCUT2D eigenvalue weighted by Gasteiger charge is 2.29. The molecule has 25 heavy (non-hydrogen) atoms. The van der Waals surface area contributed by atoms with Gasteiger partial charge in [-0.2, -0.15) is 5.10 Å². The molecule has 0 spiro atoms. The number of nitrogens with one attached hydrogen (secondary N) is 1. The van der Waals surface area contributed by atoms with Crippen LogP contribution in [0.25, 0.3) is 5.70 Å². The van der Waals surface area contributed by atoms with E-state index in [-0.39, 0.29) is 0 Å². The molecule has 2 aliphatic rings. The zero-order valence-electron chi connectivity index (χ0n) is 15.0. The van der Waals surface area contributed by atoms with Crippen molar-refractivity contribution in [3.05, 3.63) is 76.9 Å². The summed E-state index contributed by atoms with van der Waals surface area (Å²) < 4.78 is 0. The van der Waals surface area contributed by atoms with Crippen LogP contribution in [0.3, 0.4) is 0 Å². The van der Waals surface area contributed by atoms with Gasteiger partial charge in [0.2, 0.25) is 0 Å². The van der Waals surface area contributed by atoms with Gasteiger partial charge in [0.05, 0.1) is 11.4 Å². The normalized spacial score (nSPS) is 20.8. The molecule has 4 rings (SSSR count). The van der Waals surface area contributed by atoms with Crippen LogP contribution in [0.5, 0.6) is 0 Å². The van der Waals surface area contributed by atoms with E-state index in [4.69, 9.17) is 5.10 Å². The molecule has 1 atom stereocenters. The van der Waals surface area contributed by atoms with Crippen LogP contribution in [-0.4, -0.2) is 5.71 Å². The Bertz CT molecular complexity index is 785. The lowest BCUT2D eigenvalue weighted by molar-refractivity contribution is 0.522. The topological polar surface area (TPSA) is 24.4 Å². The van der Waals surface area contributed by atoms with E-state index in [0.717, 1.165) is 0 Å². The Morgan fingerprint density at radius 1 is 0.840 bits per heavy atom. The van der Waals surface area contributed by atoms with Gasteiger partial charge in [0.1, 0.15) is 0 Å². The van der Waals surface area contributed by atoms with Crippen LogP contribution in [0, 0.1) is 12.8 Å². The molecule has 0 amide bonds. The molecule has 1 aliphatic carbocycles. The Morgan fingerprint density at radius 3 is 2.40 bits per heavy atom. The summed E-state index contributed by atoms with van der Waals surface area (Å²) in [6.45, 7) is 2.14. The van der Waals surface area contributed by atoms with Crippen molar-refractivity contribution in [3.63, 3.8) is 0 Å². The first-order valence-corrected chi connectivity index (χ1v) is 9.52. The quantitative estimate of drug-likeness (QED) is 0.752. The molecule has 1 saturated carbocycles. The molecule has 2 nitrogen and oxygen atoms in total. The maximum atomic E-state index is 4.85. The Balaban J connectivity index is 1.76. The summed E-state index contributed by atoms with van der Waals surface area (Å²) in [4.78, 5) is 0. The van der Waals surface area contributed by atoms with E-state index < -0.39 is 0 Å². The molecule has 1 unspecified atom stereocenters. The lowest BCUT2D eigenvalue weighted by atomic mass is 9.78. The third kappa shape index (κ3) is 3.39. The van der Waals surface area contributed by atoms with Crippen molar-refractivity contribution in [3.8, 4) is 0 Å². The van der Waals surface area contributed by atoms with Gasteiger partial charge in [-0.05, 0) is 42.9 Å². The third-order valence-electron chi connectivity index (χ3n) is 5.46. The molecule has 1 aliphatic heterocycles. The smallest absolute Gasteiger partial charge is 0.0751 e. The first-order chi connectivity index (χ1) is 12.3. The van der Waals surface area contributed by atoms with Gasteiger partial charge in [0.15, 0.2) is 0 Å². The van der Waals surface area contributed by atoms with Crippen LogP contribution in [0.15, 0.2) is 65.3 Å². The Labute approximate surface area is 150 Å². The molecule has 128 valence electrons. The van der Waals surface area contributed by atoms with Gasteiger partial charge in [0.25, 0.3) is 0 Å². The molecule has 0 saturated heterocycles. The van der Waals surface area contributed by atoms with Gasteiger partial charge < -0.3 is 0 Å². The molecule has 0 bridgehead atoms. The molecule has 1 fully saturated rings. The number of hydrogen-bond acceptors (Lipinski definition) is 2. The Morgan fingerprint density at radius 2 is 1.60 bits per heavy atom. The lowest BCUT2D eigenvalue weighted by Crippen LogP contribution is -2.29. The van der Waals surface area contributed by atoms with E-state index in [9.17, 15) is 0 Å². The minimum absolute atomic E-state index is 0.445. The summed E-state index contributed by atoms with van der Waals surface area (Å²) >= 11 is 0. The van der Waals surface area contributed by atoms with Gasteiger partial charge in [-0.1, -0.05) is 79.4 Å². The van der Waals surface area contributed by atoms with Gasteiger partial charge >= 0.3 is 0 Å². The number of hydrazone groups is 1. The van der Waals surface area contributed by atoms with Gasteiger partial charge in [-0.3, -0.25) is 5.43 Å². The first-order valence-electron chi connectivity index (χ1n) is 9.52. The Kier molecular flexibility index (Phi) is 4.69. The van der Waals surface area contributed by atoms with E-state index in [1.165, 1.54) is 66.6 Å². The molecule has 0 aromatic heterocycles. The number of fused-ring (bicyclic) bond motifs is 1. The van der Waals surface area contributed by atoms with Crippen molar-refractivity contribution in [1.82, 2.24) is 5.43 Å². The summed E-state index contributed by atoms with van der Waals surface area (Å²) in [5.74, 6) is 0.445. The second-order valence-corrected chi connectivity index (χ2v) is 7.25. The lowest BCUT2D eigenvalue weighted by Gasteiger charge is -2.31. The van der Waals surface area contributed by atoms with Crippen LogP contribution >= 0.6 is 0 Å². The predicted octanol–water partition coefficient (Wildman–Crippen LogP) is 5.68. The van der Waals surface area contributed by atoms with E-state index >= 15 is 0 Å². The van der Waals surface area contributed by atoms with Gasteiger partial charge in [0, 0.05) is 5.92 Å². The zero-order valence-corrected chi connectivity index (χ0v) is 15.0. The minimum Gasteiger partial charge on any atom is -0.278 e. The molecule has 2 aromatic carbocycles. The summed E-state index contributed by atoms with van der Waals surface area (Å²) in [6, 6.07) is 19.5. The van der Waals surface area contributed by atoms with Gasteiger partial charge in [-0.15, -0.1) is 0 Å². The molecular formula is C23H26N2.